The van der Waals surface area contributed by atoms with Crippen LogP contribution in [-0.4, -0.2) is 73.4 Å². The molecule has 1 N–H and O–H groups in total. The molecule has 0 radical (unpaired) electrons. The molecule has 4 rings (SSSR count). The second-order valence-electron chi connectivity index (χ2n) is 8.00. The van der Waals surface area contributed by atoms with Gasteiger partial charge in [0, 0.05) is 26.2 Å². The fraction of sp³-hybridized carbons (Fsp3) is 0.600. The van der Waals surface area contributed by atoms with Crippen LogP contribution in [0.2, 0.25) is 0 Å². The lowest BCUT2D eigenvalue weighted by Gasteiger charge is -2.35. The lowest BCUT2D eigenvalue weighted by atomic mass is 10.1. The second-order valence-corrected chi connectivity index (χ2v) is 9.94. The van der Waals surface area contributed by atoms with Crippen LogP contribution in [0.3, 0.4) is 0 Å². The van der Waals surface area contributed by atoms with Gasteiger partial charge in [-0.25, -0.2) is 18.1 Å². The molecule has 2 fully saturated rings. The van der Waals surface area contributed by atoms with Crippen LogP contribution in [0.25, 0.3) is 0 Å². The Hall–Kier alpha value is -1.97. The minimum absolute atomic E-state index is 0.190. The van der Waals surface area contributed by atoms with Crippen molar-refractivity contribution in [2.75, 3.05) is 32.8 Å². The number of urea groups is 1. The van der Waals surface area contributed by atoms with Gasteiger partial charge in [0.1, 0.15) is 6.04 Å². The zero-order valence-electron chi connectivity index (χ0n) is 16.8. The Labute approximate surface area is 171 Å². The molecule has 9 heteroatoms. The number of nitrogens with one attached hydrogen (secondary N) is 1. The lowest BCUT2D eigenvalue weighted by Crippen LogP contribution is -2.52. The van der Waals surface area contributed by atoms with E-state index in [1.54, 1.807) is 6.07 Å². The van der Waals surface area contributed by atoms with Crippen LogP contribution in [-0.2, 0) is 27.7 Å². The highest BCUT2D eigenvalue weighted by atomic mass is 32.2. The lowest BCUT2D eigenvalue weighted by molar-refractivity contribution is -0.129. The van der Waals surface area contributed by atoms with E-state index in [-0.39, 0.29) is 18.6 Å². The van der Waals surface area contributed by atoms with Crippen molar-refractivity contribution in [3.63, 3.8) is 0 Å². The molecule has 0 spiro atoms. The van der Waals surface area contributed by atoms with Crippen LogP contribution in [0, 0.1) is 0 Å². The molecule has 0 bridgehead atoms. The minimum Gasteiger partial charge on any atom is -0.326 e. The van der Waals surface area contributed by atoms with Gasteiger partial charge in [-0.2, -0.15) is 4.31 Å². The van der Waals surface area contributed by atoms with E-state index in [0.29, 0.717) is 37.5 Å². The molecule has 2 saturated heterocycles. The zero-order valence-corrected chi connectivity index (χ0v) is 17.6. The molecule has 1 atom stereocenters. The number of nitrogens with zero attached hydrogens (tertiary/aromatic N) is 3. The van der Waals surface area contributed by atoms with Gasteiger partial charge < -0.3 is 5.32 Å². The number of rotatable bonds is 6. The van der Waals surface area contributed by atoms with Gasteiger partial charge in [0.15, 0.2) is 0 Å². The van der Waals surface area contributed by atoms with Gasteiger partial charge in [0.25, 0.3) is 5.91 Å². The number of hydrogen-bond acceptors (Lipinski definition) is 5. The molecule has 0 unspecified atom stereocenters. The van der Waals surface area contributed by atoms with Crippen molar-refractivity contribution in [1.29, 1.82) is 0 Å². The average molecular weight is 421 g/mol. The van der Waals surface area contributed by atoms with Gasteiger partial charge in [0.05, 0.1) is 11.6 Å². The molecule has 8 nitrogen and oxygen atoms in total. The summed E-state index contributed by atoms with van der Waals surface area (Å²) < 4.78 is 27.6. The summed E-state index contributed by atoms with van der Waals surface area (Å²) in [5, 5.41) is 2.72. The summed E-state index contributed by atoms with van der Waals surface area (Å²) in [7, 11) is -3.53. The molecule has 29 heavy (non-hydrogen) atoms. The number of amides is 3. The van der Waals surface area contributed by atoms with E-state index >= 15 is 0 Å². The molecular weight excluding hydrogens is 392 g/mol. The predicted octanol–water partition coefficient (Wildman–Crippen LogP) is 1.16. The van der Waals surface area contributed by atoms with E-state index in [1.807, 2.05) is 24.0 Å². The van der Waals surface area contributed by atoms with Gasteiger partial charge in [-0.05, 0) is 48.9 Å². The Morgan fingerprint density at radius 3 is 2.52 bits per heavy atom. The Morgan fingerprint density at radius 2 is 1.79 bits per heavy atom. The van der Waals surface area contributed by atoms with Gasteiger partial charge >= 0.3 is 6.03 Å². The molecular formula is C20H28N4O4S. The smallest absolute Gasteiger partial charge is 0.325 e. The molecule has 2 aliphatic heterocycles. The SMILES string of the molecule is CCC[C@H]1NC(=O)N(CN2CCN(S(=O)(=O)c3ccc4c(c3)CCC4)CC2)C1=O. The number of piperazine rings is 1. The summed E-state index contributed by atoms with van der Waals surface area (Å²) in [5.41, 5.74) is 2.40. The van der Waals surface area contributed by atoms with Crippen molar-refractivity contribution in [1.82, 2.24) is 19.4 Å². The Morgan fingerprint density at radius 1 is 1.07 bits per heavy atom. The number of carbonyl (C=O) groups excluding carboxylic acids is 2. The van der Waals surface area contributed by atoms with Crippen LogP contribution in [0.15, 0.2) is 23.1 Å². The Bertz CT molecular complexity index is 909. The maximum absolute atomic E-state index is 13.0. The van der Waals surface area contributed by atoms with Gasteiger partial charge in [0.2, 0.25) is 10.0 Å². The Kier molecular flexibility index (Phi) is 5.63. The summed E-state index contributed by atoms with van der Waals surface area (Å²) in [6.07, 6.45) is 4.50. The van der Waals surface area contributed by atoms with Crippen LogP contribution < -0.4 is 5.32 Å². The normalized spacial score (nSPS) is 23.5. The molecule has 1 aromatic rings. The van der Waals surface area contributed by atoms with E-state index in [9.17, 15) is 18.0 Å². The first-order chi connectivity index (χ1) is 13.9. The van der Waals surface area contributed by atoms with E-state index in [1.165, 1.54) is 14.8 Å². The number of aryl methyl sites for hydroxylation is 2. The van der Waals surface area contributed by atoms with Crippen molar-refractivity contribution in [3.05, 3.63) is 29.3 Å². The molecule has 1 aromatic carbocycles. The third kappa shape index (κ3) is 3.91. The minimum atomic E-state index is -3.53. The van der Waals surface area contributed by atoms with Crippen LogP contribution in [0.1, 0.15) is 37.3 Å². The van der Waals surface area contributed by atoms with Crippen molar-refractivity contribution in [2.24, 2.45) is 0 Å². The summed E-state index contributed by atoms with van der Waals surface area (Å²) in [6.45, 7) is 3.85. The fourth-order valence-electron chi connectivity index (χ4n) is 4.36. The average Bonchev–Trinajstić information content (AvgIpc) is 3.28. The highest BCUT2D eigenvalue weighted by Crippen LogP contribution is 2.26. The highest BCUT2D eigenvalue weighted by molar-refractivity contribution is 7.89. The fourth-order valence-corrected chi connectivity index (χ4v) is 5.84. The van der Waals surface area contributed by atoms with Crippen molar-refractivity contribution in [2.45, 2.75) is 50.0 Å². The van der Waals surface area contributed by atoms with E-state index in [2.05, 4.69) is 5.32 Å². The first kappa shape index (κ1) is 20.3. The number of carbonyl (C=O) groups is 2. The molecule has 1 aliphatic carbocycles. The molecule has 0 aromatic heterocycles. The number of imide groups is 1. The maximum atomic E-state index is 13.0. The summed E-state index contributed by atoms with van der Waals surface area (Å²) in [5.74, 6) is -0.190. The van der Waals surface area contributed by atoms with Gasteiger partial charge in [-0.1, -0.05) is 19.4 Å². The largest absolute Gasteiger partial charge is 0.326 e. The number of hydrogen-bond donors (Lipinski definition) is 1. The number of fused-ring (bicyclic) bond motifs is 1. The van der Waals surface area contributed by atoms with Crippen LogP contribution in [0.5, 0.6) is 0 Å². The molecule has 2 heterocycles. The van der Waals surface area contributed by atoms with Crippen molar-refractivity contribution in [3.8, 4) is 0 Å². The zero-order chi connectivity index (χ0) is 20.6. The molecule has 3 amide bonds. The first-order valence-corrected chi connectivity index (χ1v) is 11.8. The molecule has 0 saturated carbocycles. The van der Waals surface area contributed by atoms with E-state index < -0.39 is 16.1 Å². The standard InChI is InChI=1S/C20H28N4O4S/c1-2-4-18-19(25)24(20(26)21-18)14-22-9-11-23(12-10-22)29(27,28)17-8-7-15-5-3-6-16(15)13-17/h7-8,13,18H,2-6,9-12,14H2,1H3,(H,21,26)/t18-/m1/s1. The number of sulfonamides is 1. The van der Waals surface area contributed by atoms with E-state index in [4.69, 9.17) is 0 Å². The quantitative estimate of drug-likeness (QED) is 0.698. The summed E-state index contributed by atoms with van der Waals surface area (Å²) >= 11 is 0. The molecule has 158 valence electrons. The Balaban J connectivity index is 1.37. The highest BCUT2D eigenvalue weighted by Gasteiger charge is 2.39. The summed E-state index contributed by atoms with van der Waals surface area (Å²) in [6, 6.07) is 4.68. The third-order valence-electron chi connectivity index (χ3n) is 6.06. The van der Waals surface area contributed by atoms with Crippen LogP contribution in [0.4, 0.5) is 4.79 Å². The number of benzene rings is 1. The van der Waals surface area contributed by atoms with Gasteiger partial charge in [-0.15, -0.1) is 0 Å². The van der Waals surface area contributed by atoms with Crippen molar-refractivity contribution < 1.29 is 18.0 Å². The maximum Gasteiger partial charge on any atom is 0.325 e. The van der Waals surface area contributed by atoms with Crippen LogP contribution >= 0.6 is 0 Å². The first-order valence-electron chi connectivity index (χ1n) is 10.4. The van der Waals surface area contributed by atoms with Gasteiger partial charge in [-0.3, -0.25) is 9.69 Å². The predicted molar refractivity (Wildman–Crippen MR) is 108 cm³/mol. The second kappa shape index (κ2) is 8.04. The van der Waals surface area contributed by atoms with E-state index in [0.717, 1.165) is 31.2 Å². The molecule has 3 aliphatic rings. The monoisotopic (exact) mass is 420 g/mol. The third-order valence-corrected chi connectivity index (χ3v) is 7.96. The topological polar surface area (TPSA) is 90.0 Å². The van der Waals surface area contributed by atoms with Crippen molar-refractivity contribution >= 4 is 22.0 Å². The summed E-state index contributed by atoms with van der Waals surface area (Å²) in [4.78, 5) is 28.1.